The van der Waals surface area contributed by atoms with E-state index in [1.54, 1.807) is 0 Å². The van der Waals surface area contributed by atoms with Gasteiger partial charge in [0.1, 0.15) is 0 Å². The van der Waals surface area contributed by atoms with Gasteiger partial charge in [0.05, 0.1) is 5.75 Å². The van der Waals surface area contributed by atoms with Crippen molar-refractivity contribution in [1.82, 2.24) is 15.2 Å². The first-order valence-electron chi connectivity index (χ1n) is 5.81. The third-order valence-corrected chi connectivity index (χ3v) is 3.43. The van der Waals surface area contributed by atoms with Crippen molar-refractivity contribution in [3.05, 3.63) is 18.2 Å². The third-order valence-electron chi connectivity index (χ3n) is 2.60. The maximum absolute atomic E-state index is 10.5. The quantitative estimate of drug-likeness (QED) is 0.563. The zero-order valence-corrected chi connectivity index (χ0v) is 11.9. The second-order valence-electron chi connectivity index (χ2n) is 4.31. The summed E-state index contributed by atoms with van der Waals surface area (Å²) in [5.74, 6) is -0.455. The summed E-state index contributed by atoms with van der Waals surface area (Å²) >= 11 is 1.06. The van der Waals surface area contributed by atoms with E-state index in [1.165, 1.54) is 0 Å². The molecule has 2 aromatic rings. The number of thioether (sulfide) groups is 1. The zero-order valence-electron chi connectivity index (χ0n) is 11.1. The Bertz CT molecular complexity index is 626. The van der Waals surface area contributed by atoms with Crippen molar-refractivity contribution in [2.45, 2.75) is 5.16 Å². The maximum Gasteiger partial charge on any atom is 0.313 e. The highest BCUT2D eigenvalue weighted by Gasteiger charge is 2.11. The van der Waals surface area contributed by atoms with Gasteiger partial charge in [0.15, 0.2) is 5.82 Å². The predicted octanol–water partition coefficient (Wildman–Crippen LogP) is 1.30. The lowest BCUT2D eigenvalue weighted by atomic mass is 10.1. The molecule has 0 amide bonds. The fourth-order valence-corrected chi connectivity index (χ4v) is 2.12. The van der Waals surface area contributed by atoms with Crippen LogP contribution < -0.4 is 10.6 Å². The Morgan fingerprint density at radius 2 is 2.25 bits per heavy atom. The van der Waals surface area contributed by atoms with Crippen LogP contribution in [0.25, 0.3) is 11.4 Å². The zero-order chi connectivity index (χ0) is 14.7. The number of carbonyl (C=O) groups is 1. The topological polar surface area (TPSA) is 108 Å². The van der Waals surface area contributed by atoms with E-state index in [2.05, 4.69) is 15.2 Å². The summed E-state index contributed by atoms with van der Waals surface area (Å²) in [6, 6.07) is 5.64. The summed E-state index contributed by atoms with van der Waals surface area (Å²) in [4.78, 5) is 16.7. The first-order chi connectivity index (χ1) is 9.47. The summed E-state index contributed by atoms with van der Waals surface area (Å²) in [5.41, 5.74) is 8.33. The summed E-state index contributed by atoms with van der Waals surface area (Å²) in [6.07, 6.45) is 0. The number of benzene rings is 1. The van der Waals surface area contributed by atoms with Gasteiger partial charge in [0, 0.05) is 31.0 Å². The molecule has 0 atom stereocenters. The molecule has 0 radical (unpaired) electrons. The van der Waals surface area contributed by atoms with Crippen LogP contribution in [0.15, 0.2) is 23.4 Å². The number of nitrogens with one attached hydrogen (secondary N) is 1. The lowest BCUT2D eigenvalue weighted by Gasteiger charge is -2.13. The van der Waals surface area contributed by atoms with Gasteiger partial charge in [-0.3, -0.25) is 9.89 Å². The van der Waals surface area contributed by atoms with Crippen LogP contribution in [0.3, 0.4) is 0 Å². The molecular formula is C12H15N5O2S. The number of hydrogen-bond donors (Lipinski definition) is 3. The SMILES string of the molecule is CN(C)c1ccc(-c2nc(SCC(=O)O)n[nH]2)c(N)c1. The molecule has 0 saturated heterocycles. The molecule has 20 heavy (non-hydrogen) atoms. The Hall–Kier alpha value is -2.22. The van der Waals surface area contributed by atoms with Crippen LogP contribution in [0.5, 0.6) is 0 Å². The summed E-state index contributed by atoms with van der Waals surface area (Å²) in [7, 11) is 3.87. The van der Waals surface area contributed by atoms with E-state index in [1.807, 2.05) is 37.2 Å². The number of anilines is 2. The van der Waals surface area contributed by atoms with Crippen molar-refractivity contribution in [1.29, 1.82) is 0 Å². The lowest BCUT2D eigenvalue weighted by molar-refractivity contribution is -0.133. The molecule has 4 N–H and O–H groups in total. The lowest BCUT2D eigenvalue weighted by Crippen LogP contribution is -2.09. The second-order valence-corrected chi connectivity index (χ2v) is 5.26. The van der Waals surface area contributed by atoms with E-state index in [-0.39, 0.29) is 5.75 Å². The maximum atomic E-state index is 10.5. The number of aliphatic carboxylic acids is 1. The van der Waals surface area contributed by atoms with E-state index >= 15 is 0 Å². The first-order valence-corrected chi connectivity index (χ1v) is 6.80. The Kier molecular flexibility index (Phi) is 4.14. The molecule has 2 rings (SSSR count). The molecule has 106 valence electrons. The van der Waals surface area contributed by atoms with E-state index in [4.69, 9.17) is 10.8 Å². The highest BCUT2D eigenvalue weighted by molar-refractivity contribution is 7.99. The number of nitrogens with zero attached hydrogens (tertiary/aromatic N) is 3. The largest absolute Gasteiger partial charge is 0.481 e. The van der Waals surface area contributed by atoms with Crippen molar-refractivity contribution in [3.8, 4) is 11.4 Å². The third kappa shape index (κ3) is 3.21. The average molecular weight is 293 g/mol. The van der Waals surface area contributed by atoms with Crippen molar-refractivity contribution >= 4 is 29.1 Å². The fraction of sp³-hybridized carbons (Fsp3) is 0.250. The van der Waals surface area contributed by atoms with Gasteiger partial charge >= 0.3 is 5.97 Å². The first kappa shape index (κ1) is 14.2. The Labute approximate surface area is 120 Å². The molecular weight excluding hydrogens is 278 g/mol. The van der Waals surface area contributed by atoms with E-state index in [0.717, 1.165) is 23.0 Å². The molecule has 0 aliphatic rings. The Balaban J connectivity index is 2.21. The van der Waals surface area contributed by atoms with Gasteiger partial charge in [-0.2, -0.15) is 0 Å². The van der Waals surface area contributed by atoms with Crippen LogP contribution in [0, 0.1) is 0 Å². The summed E-state index contributed by atoms with van der Waals surface area (Å²) in [6.45, 7) is 0. The molecule has 1 aromatic carbocycles. The summed E-state index contributed by atoms with van der Waals surface area (Å²) in [5, 5.41) is 15.7. The van der Waals surface area contributed by atoms with E-state index in [9.17, 15) is 4.79 Å². The molecule has 1 heterocycles. The summed E-state index contributed by atoms with van der Waals surface area (Å²) < 4.78 is 0. The minimum Gasteiger partial charge on any atom is -0.481 e. The van der Waals surface area contributed by atoms with Crippen LogP contribution >= 0.6 is 11.8 Å². The Morgan fingerprint density at radius 1 is 1.50 bits per heavy atom. The van der Waals surface area contributed by atoms with Gasteiger partial charge in [-0.25, -0.2) is 4.98 Å². The highest BCUT2D eigenvalue weighted by Crippen LogP contribution is 2.28. The van der Waals surface area contributed by atoms with Gasteiger partial charge in [-0.15, -0.1) is 5.10 Å². The van der Waals surface area contributed by atoms with Gasteiger partial charge < -0.3 is 15.7 Å². The number of aromatic nitrogens is 3. The molecule has 0 unspecified atom stereocenters. The number of aromatic amines is 1. The van der Waals surface area contributed by atoms with Crippen molar-refractivity contribution < 1.29 is 9.90 Å². The molecule has 0 fully saturated rings. The number of nitrogen functional groups attached to an aromatic ring is 1. The number of rotatable bonds is 5. The number of carboxylic acids is 1. The van der Waals surface area contributed by atoms with Crippen LogP contribution in [0.4, 0.5) is 11.4 Å². The van der Waals surface area contributed by atoms with E-state index < -0.39 is 5.97 Å². The smallest absolute Gasteiger partial charge is 0.313 e. The van der Waals surface area contributed by atoms with Crippen molar-refractivity contribution in [3.63, 3.8) is 0 Å². The van der Waals surface area contributed by atoms with Gasteiger partial charge in [0.2, 0.25) is 5.16 Å². The molecule has 0 saturated carbocycles. The molecule has 8 heteroatoms. The van der Waals surface area contributed by atoms with E-state index in [0.29, 0.717) is 16.7 Å². The standard InChI is InChI=1S/C12H15N5O2S/c1-17(2)7-3-4-8(9(13)5-7)11-14-12(16-15-11)20-6-10(18)19/h3-5H,6,13H2,1-2H3,(H,18,19)(H,14,15,16). The monoisotopic (exact) mass is 293 g/mol. The average Bonchev–Trinajstić information content (AvgIpc) is 2.84. The van der Waals surface area contributed by atoms with Crippen LogP contribution in [-0.2, 0) is 4.79 Å². The number of hydrogen-bond acceptors (Lipinski definition) is 6. The number of H-pyrrole nitrogens is 1. The molecule has 0 aliphatic carbocycles. The Morgan fingerprint density at radius 3 is 2.85 bits per heavy atom. The van der Waals surface area contributed by atoms with Crippen molar-refractivity contribution in [2.75, 3.05) is 30.5 Å². The molecule has 1 aromatic heterocycles. The van der Waals surface area contributed by atoms with Gasteiger partial charge in [-0.1, -0.05) is 11.8 Å². The molecule has 0 bridgehead atoms. The van der Waals surface area contributed by atoms with Gasteiger partial charge in [-0.05, 0) is 18.2 Å². The van der Waals surface area contributed by atoms with Crippen LogP contribution in [0.2, 0.25) is 0 Å². The molecule has 0 spiro atoms. The minimum absolute atomic E-state index is 0.0770. The predicted molar refractivity (Wildman–Crippen MR) is 78.9 cm³/mol. The molecule has 0 aliphatic heterocycles. The minimum atomic E-state index is -0.906. The molecule has 7 nitrogen and oxygen atoms in total. The highest BCUT2D eigenvalue weighted by atomic mass is 32.2. The van der Waals surface area contributed by atoms with Crippen molar-refractivity contribution in [2.24, 2.45) is 0 Å². The van der Waals surface area contributed by atoms with Crippen LogP contribution in [-0.4, -0.2) is 46.1 Å². The second kappa shape index (κ2) is 5.83. The normalized spacial score (nSPS) is 10.5. The number of carboxylic acid groups (broad SMARTS) is 1. The fourth-order valence-electron chi connectivity index (χ4n) is 1.60. The van der Waals surface area contributed by atoms with Gasteiger partial charge in [0.25, 0.3) is 0 Å². The van der Waals surface area contributed by atoms with Crippen LogP contribution in [0.1, 0.15) is 0 Å². The number of nitrogens with two attached hydrogens (primary N) is 1.